The first kappa shape index (κ1) is 20.1. The second kappa shape index (κ2) is 8.59. The van der Waals surface area contributed by atoms with E-state index in [1.54, 1.807) is 0 Å². The van der Waals surface area contributed by atoms with Crippen molar-refractivity contribution in [1.82, 2.24) is 15.1 Å². The Morgan fingerprint density at radius 3 is 2.54 bits per heavy atom. The van der Waals surface area contributed by atoms with Crippen molar-refractivity contribution in [2.24, 2.45) is 11.7 Å². The molecule has 2 heterocycles. The molecular formula is C22H25ClN4O. The number of aromatic amines is 1. The number of carbonyl (C=O) groups is 1. The first-order valence-corrected chi connectivity index (χ1v) is 9.32. The third-order valence-corrected chi connectivity index (χ3v) is 5.41. The molecule has 6 heteroatoms. The van der Waals surface area contributed by atoms with Gasteiger partial charge in [0, 0.05) is 24.6 Å². The topological polar surface area (TPSA) is 75.0 Å². The number of H-pyrrole nitrogens is 1. The number of rotatable bonds is 4. The Labute approximate surface area is 171 Å². The number of amides is 1. The van der Waals surface area contributed by atoms with Gasteiger partial charge in [0.25, 0.3) is 5.91 Å². The van der Waals surface area contributed by atoms with Crippen LogP contribution in [0.1, 0.15) is 27.5 Å². The number of aryl methyl sites for hydroxylation is 1. The van der Waals surface area contributed by atoms with E-state index in [2.05, 4.69) is 22.3 Å². The Hall–Kier alpha value is -2.63. The van der Waals surface area contributed by atoms with E-state index in [0.29, 0.717) is 25.3 Å². The minimum Gasteiger partial charge on any atom is -0.336 e. The highest BCUT2D eigenvalue weighted by molar-refractivity contribution is 5.93. The number of aromatic nitrogens is 2. The van der Waals surface area contributed by atoms with Gasteiger partial charge in [-0.05, 0) is 31.0 Å². The van der Waals surface area contributed by atoms with Gasteiger partial charge in [0.2, 0.25) is 0 Å². The molecule has 1 aliphatic rings. The monoisotopic (exact) mass is 396 g/mol. The number of benzene rings is 2. The Balaban J connectivity index is 0.00000225. The molecule has 1 aliphatic heterocycles. The van der Waals surface area contributed by atoms with Crippen LogP contribution in [0.4, 0.5) is 0 Å². The lowest BCUT2D eigenvalue weighted by atomic mass is 9.89. The number of carbonyl (C=O) groups excluding carboxylic acids is 1. The second-order valence-electron chi connectivity index (χ2n) is 7.26. The van der Waals surface area contributed by atoms with Crippen molar-refractivity contribution in [1.29, 1.82) is 0 Å². The lowest BCUT2D eigenvalue weighted by Gasteiger charge is -2.16. The van der Waals surface area contributed by atoms with Crippen LogP contribution < -0.4 is 5.73 Å². The highest BCUT2D eigenvalue weighted by atomic mass is 35.5. The third-order valence-electron chi connectivity index (χ3n) is 5.41. The van der Waals surface area contributed by atoms with Crippen LogP contribution in [0.3, 0.4) is 0 Å². The van der Waals surface area contributed by atoms with E-state index in [0.717, 1.165) is 11.3 Å². The zero-order valence-corrected chi connectivity index (χ0v) is 16.7. The van der Waals surface area contributed by atoms with Crippen molar-refractivity contribution in [3.05, 3.63) is 77.5 Å². The van der Waals surface area contributed by atoms with Crippen LogP contribution >= 0.6 is 12.4 Å². The highest BCUT2D eigenvalue weighted by Crippen LogP contribution is 2.33. The molecule has 2 aromatic carbocycles. The fourth-order valence-electron chi connectivity index (χ4n) is 3.83. The normalized spacial score (nSPS) is 18.7. The molecule has 1 aromatic heterocycles. The minimum atomic E-state index is -0.0160. The Morgan fingerprint density at radius 2 is 1.86 bits per heavy atom. The molecule has 0 radical (unpaired) electrons. The van der Waals surface area contributed by atoms with Crippen LogP contribution in [0.15, 0.2) is 60.7 Å². The van der Waals surface area contributed by atoms with Gasteiger partial charge in [-0.2, -0.15) is 5.10 Å². The number of hydrogen-bond donors (Lipinski definition) is 2. The summed E-state index contributed by atoms with van der Waals surface area (Å²) in [4.78, 5) is 14.9. The van der Waals surface area contributed by atoms with Crippen molar-refractivity contribution < 1.29 is 4.79 Å². The van der Waals surface area contributed by atoms with Gasteiger partial charge in [0.1, 0.15) is 5.69 Å². The number of likely N-dealkylation sites (tertiary alicyclic amines) is 1. The first-order valence-electron chi connectivity index (χ1n) is 9.32. The van der Waals surface area contributed by atoms with Crippen LogP contribution in [0, 0.1) is 12.8 Å². The molecule has 1 saturated heterocycles. The van der Waals surface area contributed by atoms with E-state index in [-0.39, 0.29) is 30.2 Å². The largest absolute Gasteiger partial charge is 0.336 e. The summed E-state index contributed by atoms with van der Waals surface area (Å²) in [7, 11) is 0. The van der Waals surface area contributed by atoms with Crippen LogP contribution in [0.2, 0.25) is 0 Å². The Bertz CT molecular complexity index is 923. The number of nitrogens with two attached hydrogens (primary N) is 1. The van der Waals surface area contributed by atoms with Gasteiger partial charge in [0.05, 0.1) is 5.69 Å². The molecule has 4 rings (SSSR count). The highest BCUT2D eigenvalue weighted by Gasteiger charge is 2.36. The summed E-state index contributed by atoms with van der Waals surface area (Å²) >= 11 is 0. The van der Waals surface area contributed by atoms with E-state index < -0.39 is 0 Å². The van der Waals surface area contributed by atoms with Crippen LogP contribution in [0.5, 0.6) is 0 Å². The maximum Gasteiger partial charge on any atom is 0.271 e. The van der Waals surface area contributed by atoms with Crippen LogP contribution in [-0.4, -0.2) is 40.6 Å². The molecule has 1 fully saturated rings. The van der Waals surface area contributed by atoms with Gasteiger partial charge in [-0.25, -0.2) is 0 Å². The average molecular weight is 397 g/mol. The Morgan fingerprint density at radius 1 is 1.14 bits per heavy atom. The lowest BCUT2D eigenvalue weighted by Crippen LogP contribution is -2.30. The van der Waals surface area contributed by atoms with Crippen molar-refractivity contribution in [3.63, 3.8) is 0 Å². The molecule has 0 spiro atoms. The molecule has 0 bridgehead atoms. The van der Waals surface area contributed by atoms with Gasteiger partial charge in [0.15, 0.2) is 0 Å². The number of nitrogens with one attached hydrogen (secondary N) is 1. The van der Waals surface area contributed by atoms with E-state index in [1.807, 2.05) is 60.4 Å². The molecule has 28 heavy (non-hydrogen) atoms. The SMILES string of the molecule is Cc1ccc(-c2cc(C(=O)N3C[C@@H](CN)[C@H](c4ccccc4)C3)[nH]n2)cc1.Cl. The molecule has 146 valence electrons. The number of nitrogens with zero attached hydrogens (tertiary/aromatic N) is 2. The summed E-state index contributed by atoms with van der Waals surface area (Å²) in [6.07, 6.45) is 0. The van der Waals surface area contributed by atoms with Crippen molar-refractivity contribution >= 4 is 18.3 Å². The van der Waals surface area contributed by atoms with Crippen molar-refractivity contribution in [3.8, 4) is 11.3 Å². The van der Waals surface area contributed by atoms with E-state index >= 15 is 0 Å². The molecule has 3 aromatic rings. The molecular weight excluding hydrogens is 372 g/mol. The summed E-state index contributed by atoms with van der Waals surface area (Å²) in [5, 5.41) is 7.24. The molecule has 3 N–H and O–H groups in total. The first-order chi connectivity index (χ1) is 13.2. The summed E-state index contributed by atoms with van der Waals surface area (Å²) < 4.78 is 0. The standard InChI is InChI=1S/C22H24N4O.ClH/c1-15-7-9-17(10-8-15)20-11-21(25-24-20)22(27)26-13-18(12-23)19(14-26)16-5-3-2-4-6-16;/h2-11,18-19H,12-14,23H2,1H3,(H,24,25);1H/t18-,19+;/m1./s1. The fourth-order valence-corrected chi connectivity index (χ4v) is 3.83. The summed E-state index contributed by atoms with van der Waals surface area (Å²) in [5.41, 5.74) is 10.7. The molecule has 0 unspecified atom stereocenters. The lowest BCUT2D eigenvalue weighted by molar-refractivity contribution is 0.0780. The summed E-state index contributed by atoms with van der Waals surface area (Å²) in [6, 6.07) is 20.3. The molecule has 2 atom stereocenters. The molecule has 5 nitrogen and oxygen atoms in total. The van der Waals surface area contributed by atoms with Gasteiger partial charge >= 0.3 is 0 Å². The predicted octanol–water partition coefficient (Wildman–Crippen LogP) is 3.62. The molecule has 1 amide bonds. The number of hydrogen-bond acceptors (Lipinski definition) is 3. The van der Waals surface area contributed by atoms with E-state index in [9.17, 15) is 4.79 Å². The number of halogens is 1. The third kappa shape index (κ3) is 3.96. The van der Waals surface area contributed by atoms with Gasteiger partial charge < -0.3 is 10.6 Å². The summed E-state index contributed by atoms with van der Waals surface area (Å²) in [5.74, 6) is 0.535. The van der Waals surface area contributed by atoms with Crippen LogP contribution in [-0.2, 0) is 0 Å². The predicted molar refractivity (Wildman–Crippen MR) is 114 cm³/mol. The van der Waals surface area contributed by atoms with Crippen molar-refractivity contribution in [2.45, 2.75) is 12.8 Å². The quantitative estimate of drug-likeness (QED) is 0.707. The zero-order valence-electron chi connectivity index (χ0n) is 15.8. The minimum absolute atomic E-state index is 0. The maximum absolute atomic E-state index is 13.0. The fraction of sp³-hybridized carbons (Fsp3) is 0.273. The van der Waals surface area contributed by atoms with Gasteiger partial charge in [-0.3, -0.25) is 9.89 Å². The van der Waals surface area contributed by atoms with Gasteiger partial charge in [-0.15, -0.1) is 12.4 Å². The van der Waals surface area contributed by atoms with E-state index in [4.69, 9.17) is 5.73 Å². The van der Waals surface area contributed by atoms with E-state index in [1.165, 1.54) is 11.1 Å². The molecule has 0 saturated carbocycles. The smallest absolute Gasteiger partial charge is 0.271 e. The van der Waals surface area contributed by atoms with Gasteiger partial charge in [-0.1, -0.05) is 60.2 Å². The van der Waals surface area contributed by atoms with Crippen molar-refractivity contribution in [2.75, 3.05) is 19.6 Å². The van der Waals surface area contributed by atoms with Crippen LogP contribution in [0.25, 0.3) is 11.3 Å². The average Bonchev–Trinajstić information content (AvgIpc) is 3.36. The summed E-state index contributed by atoms with van der Waals surface area (Å²) in [6.45, 7) is 3.98. The molecule has 0 aliphatic carbocycles. The zero-order chi connectivity index (χ0) is 18.8. The second-order valence-corrected chi connectivity index (χ2v) is 7.26. The Kier molecular flexibility index (Phi) is 6.17. The maximum atomic E-state index is 13.0.